The molecule has 0 spiro atoms. The van der Waals surface area contributed by atoms with Crippen molar-refractivity contribution >= 4 is 23.8 Å². The molecule has 46 heavy (non-hydrogen) atoms. The molecule has 12 heteroatoms. The highest BCUT2D eigenvalue weighted by Gasteiger charge is 2.27. The van der Waals surface area contributed by atoms with Crippen molar-refractivity contribution in [3.8, 4) is 23.0 Å². The normalized spacial score (nSPS) is 13.0. The van der Waals surface area contributed by atoms with Crippen LogP contribution in [0.4, 0.5) is 0 Å². The summed E-state index contributed by atoms with van der Waals surface area (Å²) in [6, 6.07) is 7.46. The molecule has 2 aliphatic heterocycles. The van der Waals surface area contributed by atoms with Crippen molar-refractivity contribution in [1.29, 1.82) is 0 Å². The Hall–Kier alpha value is -4.74. The number of fused-ring (bicyclic) bond motifs is 2. The van der Waals surface area contributed by atoms with Crippen molar-refractivity contribution in [3.63, 3.8) is 0 Å². The zero-order valence-electron chi connectivity index (χ0n) is 27.0. The molecular formula is C34H42N2O10. The highest BCUT2D eigenvalue weighted by atomic mass is 16.5. The van der Waals surface area contributed by atoms with Crippen LogP contribution >= 0.6 is 0 Å². The third-order valence-corrected chi connectivity index (χ3v) is 7.68. The highest BCUT2D eigenvalue weighted by Crippen LogP contribution is 2.37. The molecule has 12 nitrogen and oxygen atoms in total. The van der Waals surface area contributed by atoms with E-state index in [0.29, 0.717) is 54.8 Å². The van der Waals surface area contributed by atoms with E-state index in [1.807, 2.05) is 24.3 Å². The predicted molar refractivity (Wildman–Crippen MR) is 166 cm³/mol. The summed E-state index contributed by atoms with van der Waals surface area (Å²) in [7, 11) is 3.11. The van der Waals surface area contributed by atoms with Gasteiger partial charge in [-0.3, -0.25) is 19.2 Å². The highest BCUT2D eigenvalue weighted by molar-refractivity contribution is 5.82. The molecule has 0 fully saturated rings. The lowest BCUT2D eigenvalue weighted by Crippen LogP contribution is -2.25. The van der Waals surface area contributed by atoms with Crippen molar-refractivity contribution in [2.45, 2.75) is 65.7 Å². The molecule has 0 saturated carbocycles. The van der Waals surface area contributed by atoms with Crippen molar-refractivity contribution in [3.05, 3.63) is 58.7 Å². The molecule has 0 atom stereocenters. The number of rotatable bonds is 16. The van der Waals surface area contributed by atoms with Crippen LogP contribution in [-0.2, 0) is 54.8 Å². The molecule has 2 aliphatic rings. The van der Waals surface area contributed by atoms with E-state index in [1.165, 1.54) is 0 Å². The second kappa shape index (κ2) is 16.0. The van der Waals surface area contributed by atoms with Gasteiger partial charge in [0.15, 0.2) is 23.0 Å². The molecular weight excluding hydrogens is 596 g/mol. The number of hydrogen-bond acceptors (Lipinski definition) is 10. The van der Waals surface area contributed by atoms with Gasteiger partial charge in [-0.15, -0.1) is 0 Å². The first-order valence-corrected chi connectivity index (χ1v) is 15.3. The second-order valence-corrected chi connectivity index (χ2v) is 11.0. The fourth-order valence-corrected chi connectivity index (χ4v) is 5.31. The smallest absolute Gasteiger partial charge is 0.306 e. The number of nitrogens with zero attached hydrogens (tertiary/aromatic N) is 2. The largest absolute Gasteiger partial charge is 0.493 e. The molecule has 0 bridgehead atoms. The molecule has 0 aliphatic carbocycles. The summed E-state index contributed by atoms with van der Waals surface area (Å²) in [5.74, 6) is 1.11. The number of esters is 2. The molecule has 2 aromatic carbocycles. The van der Waals surface area contributed by atoms with Crippen LogP contribution in [0.3, 0.4) is 0 Å². The average Bonchev–Trinajstić information content (AvgIpc) is 3.67. The van der Waals surface area contributed by atoms with E-state index in [1.54, 1.807) is 37.9 Å². The standard InChI is InChI=1S/C34H42N2O10/c1-6-43-33(39)10-8-31(37)35-16-23-12-27(41-4)29(14-25(23)18-35)45-20-22(3)21-46-30-15-26-19-36(17-24(26)13-28(30)42-5)32(38)9-11-34(40)44-7-2/h12-15H,3,6-11,16-21H2,1-2,4-5H3. The zero-order valence-corrected chi connectivity index (χ0v) is 27.0. The van der Waals surface area contributed by atoms with Crippen molar-refractivity contribution in [2.24, 2.45) is 0 Å². The first kappa shape index (κ1) is 34.1. The van der Waals surface area contributed by atoms with Crippen molar-refractivity contribution in [1.82, 2.24) is 9.80 Å². The number of hydrogen-bond donors (Lipinski definition) is 0. The van der Waals surface area contributed by atoms with Crippen LogP contribution in [0.5, 0.6) is 23.0 Å². The fraction of sp³-hybridized carbons (Fsp3) is 0.471. The van der Waals surface area contributed by atoms with Crippen LogP contribution in [0.25, 0.3) is 0 Å². The number of carbonyl (C=O) groups is 4. The Bertz CT molecular complexity index is 1360. The molecule has 0 saturated heterocycles. The van der Waals surface area contributed by atoms with E-state index in [-0.39, 0.29) is 75.9 Å². The van der Waals surface area contributed by atoms with Crippen LogP contribution in [0.15, 0.2) is 36.4 Å². The fourth-order valence-electron chi connectivity index (χ4n) is 5.31. The van der Waals surface area contributed by atoms with Crippen molar-refractivity contribution < 1.29 is 47.6 Å². The Morgan fingerprint density at radius 2 is 0.957 bits per heavy atom. The minimum Gasteiger partial charge on any atom is -0.493 e. The summed E-state index contributed by atoms with van der Waals surface area (Å²) < 4.78 is 33.1. The first-order chi connectivity index (χ1) is 22.1. The molecule has 4 rings (SSSR count). The Morgan fingerprint density at radius 3 is 1.28 bits per heavy atom. The maximum absolute atomic E-state index is 12.7. The molecule has 248 valence electrons. The number of carbonyl (C=O) groups excluding carboxylic acids is 4. The van der Waals surface area contributed by atoms with Crippen LogP contribution in [0, 0.1) is 0 Å². The van der Waals surface area contributed by atoms with Gasteiger partial charge in [-0.25, -0.2) is 0 Å². The third kappa shape index (κ3) is 8.70. The van der Waals surface area contributed by atoms with Crippen LogP contribution in [0.1, 0.15) is 61.8 Å². The summed E-state index contributed by atoms with van der Waals surface area (Å²) in [6.07, 6.45) is 0.288. The van der Waals surface area contributed by atoms with Gasteiger partial charge in [0, 0.05) is 39.0 Å². The lowest BCUT2D eigenvalue weighted by molar-refractivity contribution is -0.146. The molecule has 0 aromatic heterocycles. The summed E-state index contributed by atoms with van der Waals surface area (Å²) in [5.41, 5.74) is 4.46. The van der Waals surface area contributed by atoms with E-state index < -0.39 is 0 Å². The number of methoxy groups -OCH3 is 2. The SMILES string of the molecule is C=C(COc1cc2c(cc1OC)CN(C(=O)CCC(=O)OCC)C2)COc1cc2c(cc1OC)CN(C(=O)CCC(=O)OCC)C2. The number of amides is 2. The second-order valence-electron chi connectivity index (χ2n) is 11.0. The Labute approximate surface area is 269 Å². The lowest BCUT2D eigenvalue weighted by atomic mass is 10.1. The minimum absolute atomic E-state index is 0.0510. The average molecular weight is 639 g/mol. The van der Waals surface area contributed by atoms with Gasteiger partial charge in [0.2, 0.25) is 11.8 Å². The van der Waals surface area contributed by atoms with Gasteiger partial charge in [0.25, 0.3) is 0 Å². The minimum atomic E-state index is -0.383. The van der Waals surface area contributed by atoms with Crippen LogP contribution in [0.2, 0.25) is 0 Å². The Kier molecular flexibility index (Phi) is 11.9. The zero-order chi connectivity index (χ0) is 33.2. The predicted octanol–water partition coefficient (Wildman–Crippen LogP) is 4.09. The monoisotopic (exact) mass is 638 g/mol. The Balaban J connectivity index is 1.30. The molecule has 0 unspecified atom stereocenters. The van der Waals surface area contributed by atoms with E-state index in [2.05, 4.69) is 6.58 Å². The summed E-state index contributed by atoms with van der Waals surface area (Å²) in [6.45, 7) is 10.1. The maximum Gasteiger partial charge on any atom is 0.306 e. The number of benzene rings is 2. The van der Waals surface area contributed by atoms with Gasteiger partial charge < -0.3 is 38.2 Å². The van der Waals surface area contributed by atoms with Crippen LogP contribution in [-0.4, -0.2) is 74.2 Å². The number of ether oxygens (including phenoxy) is 6. The molecule has 0 radical (unpaired) electrons. The van der Waals surface area contributed by atoms with E-state index in [9.17, 15) is 19.2 Å². The summed E-state index contributed by atoms with van der Waals surface area (Å²) in [4.78, 5) is 52.1. The van der Waals surface area contributed by atoms with E-state index >= 15 is 0 Å². The summed E-state index contributed by atoms with van der Waals surface area (Å²) >= 11 is 0. The molecule has 2 heterocycles. The van der Waals surface area contributed by atoms with Crippen LogP contribution < -0.4 is 18.9 Å². The topological polar surface area (TPSA) is 130 Å². The van der Waals surface area contributed by atoms with Gasteiger partial charge in [-0.1, -0.05) is 6.58 Å². The Morgan fingerprint density at radius 1 is 0.609 bits per heavy atom. The van der Waals surface area contributed by atoms with E-state index in [0.717, 1.165) is 22.3 Å². The van der Waals surface area contributed by atoms with Gasteiger partial charge in [0.05, 0.1) is 40.3 Å². The quantitative estimate of drug-likeness (QED) is 0.196. The van der Waals surface area contributed by atoms with Crippen molar-refractivity contribution in [2.75, 3.05) is 40.6 Å². The third-order valence-electron chi connectivity index (χ3n) is 7.68. The van der Waals surface area contributed by atoms with Gasteiger partial charge in [-0.2, -0.15) is 0 Å². The summed E-state index contributed by atoms with van der Waals surface area (Å²) in [5, 5.41) is 0. The van der Waals surface area contributed by atoms with Gasteiger partial charge >= 0.3 is 11.9 Å². The molecule has 0 N–H and O–H groups in total. The van der Waals surface area contributed by atoms with Gasteiger partial charge in [0.1, 0.15) is 13.2 Å². The first-order valence-electron chi connectivity index (χ1n) is 15.3. The lowest BCUT2D eigenvalue weighted by Gasteiger charge is -2.16. The molecule has 2 aromatic rings. The van der Waals surface area contributed by atoms with Gasteiger partial charge in [-0.05, 0) is 65.9 Å². The van der Waals surface area contributed by atoms with E-state index in [4.69, 9.17) is 28.4 Å². The maximum atomic E-state index is 12.7. The molecule has 2 amide bonds.